The number of likely N-dealkylation sites (N-methyl/N-ethyl adjacent to an activating group) is 1. The number of thiazole rings is 1. The summed E-state index contributed by atoms with van der Waals surface area (Å²) in [5, 5.41) is 9.67. The van der Waals surface area contributed by atoms with Crippen molar-refractivity contribution in [1.29, 1.82) is 0 Å². The molecule has 2 N–H and O–H groups in total. The van der Waals surface area contributed by atoms with Crippen molar-refractivity contribution >= 4 is 17.2 Å². The molecule has 124 valence electrons. The van der Waals surface area contributed by atoms with Crippen LogP contribution in [0, 0.1) is 12.3 Å². The first-order valence-corrected chi connectivity index (χ1v) is 9.06. The summed E-state index contributed by atoms with van der Waals surface area (Å²) in [5.74, 6) is 0.104. The number of carbonyl (C=O) groups excluding carboxylic acids is 1. The quantitative estimate of drug-likeness (QED) is 0.873. The molecule has 0 bridgehead atoms. The van der Waals surface area contributed by atoms with E-state index in [4.69, 9.17) is 0 Å². The molecule has 5 heteroatoms. The van der Waals surface area contributed by atoms with Gasteiger partial charge in [-0.25, -0.2) is 4.98 Å². The Morgan fingerprint density at radius 2 is 2.05 bits per heavy atom. The number of nitrogens with one attached hydrogen (secondary N) is 2. The fourth-order valence-corrected chi connectivity index (χ4v) is 4.22. The molecule has 1 atom stereocenters. The third kappa shape index (κ3) is 4.07. The number of aryl methyl sites for hydroxylation is 1. The van der Waals surface area contributed by atoms with Crippen molar-refractivity contribution in [2.45, 2.75) is 71.4 Å². The second-order valence-electron chi connectivity index (χ2n) is 7.68. The zero-order valence-electron chi connectivity index (χ0n) is 14.5. The molecule has 4 nitrogen and oxygen atoms in total. The number of aromatic nitrogens is 1. The third-order valence-corrected chi connectivity index (χ3v) is 5.49. The molecule has 0 aliphatic heterocycles. The van der Waals surface area contributed by atoms with E-state index >= 15 is 0 Å². The van der Waals surface area contributed by atoms with Gasteiger partial charge in [-0.1, -0.05) is 33.6 Å². The highest BCUT2D eigenvalue weighted by Gasteiger charge is 2.41. The molecule has 1 heterocycles. The molecule has 1 aromatic rings. The molecule has 1 saturated carbocycles. The van der Waals surface area contributed by atoms with Crippen molar-refractivity contribution in [3.63, 3.8) is 0 Å². The van der Waals surface area contributed by atoms with Gasteiger partial charge in [0.2, 0.25) is 5.91 Å². The number of hydrogen-bond acceptors (Lipinski definition) is 4. The first-order valence-electron chi connectivity index (χ1n) is 8.18. The highest BCUT2D eigenvalue weighted by molar-refractivity contribution is 7.09. The molecule has 2 rings (SSSR count). The summed E-state index contributed by atoms with van der Waals surface area (Å²) in [5.41, 5.74) is 0.912. The average Bonchev–Trinajstić information content (AvgIpc) is 3.04. The highest BCUT2D eigenvalue weighted by atomic mass is 32.1. The molecule has 0 spiro atoms. The van der Waals surface area contributed by atoms with Gasteiger partial charge in [0.1, 0.15) is 5.01 Å². The van der Waals surface area contributed by atoms with E-state index in [-0.39, 0.29) is 22.9 Å². The van der Waals surface area contributed by atoms with Crippen LogP contribution in [0.15, 0.2) is 5.38 Å². The van der Waals surface area contributed by atoms with Crippen molar-refractivity contribution in [2.24, 2.45) is 5.41 Å². The lowest BCUT2D eigenvalue weighted by atomic mass is 9.87. The van der Waals surface area contributed by atoms with Crippen LogP contribution in [0.2, 0.25) is 0 Å². The number of amides is 1. The first kappa shape index (κ1) is 17.4. The Bertz CT molecular complexity index is 512. The van der Waals surface area contributed by atoms with Crippen LogP contribution in [-0.2, 0) is 10.3 Å². The maximum absolute atomic E-state index is 12.8. The van der Waals surface area contributed by atoms with Gasteiger partial charge in [-0.15, -0.1) is 11.3 Å². The summed E-state index contributed by atoms with van der Waals surface area (Å²) in [7, 11) is 1.87. The third-order valence-electron chi connectivity index (χ3n) is 4.33. The number of nitrogens with zero attached hydrogens (tertiary/aromatic N) is 1. The molecule has 1 aromatic heterocycles. The van der Waals surface area contributed by atoms with Gasteiger partial charge < -0.3 is 10.6 Å². The summed E-state index contributed by atoms with van der Waals surface area (Å²) in [6.07, 6.45) is 5.13. The Kier molecular flexibility index (Phi) is 5.28. The standard InChI is InChI=1S/C17H29N3OS/c1-12-11-22-15(19-12)17(8-6-7-9-17)20-14(21)13(18-5)10-16(2,3)4/h11,13,18H,6-10H2,1-5H3,(H,20,21). The molecule has 0 radical (unpaired) electrons. The summed E-state index contributed by atoms with van der Waals surface area (Å²) in [6, 6.07) is -0.154. The Hall–Kier alpha value is -0.940. The minimum Gasteiger partial charge on any atom is -0.343 e. The Labute approximate surface area is 138 Å². The summed E-state index contributed by atoms with van der Waals surface area (Å²) >= 11 is 1.67. The predicted octanol–water partition coefficient (Wildman–Crippen LogP) is 3.36. The van der Waals surface area contributed by atoms with Crippen molar-refractivity contribution in [3.8, 4) is 0 Å². The molecule has 0 aromatic carbocycles. The van der Waals surface area contributed by atoms with Crippen LogP contribution in [0.5, 0.6) is 0 Å². The van der Waals surface area contributed by atoms with Crippen LogP contribution in [0.1, 0.15) is 63.6 Å². The molecule has 1 aliphatic rings. The van der Waals surface area contributed by atoms with E-state index in [1.54, 1.807) is 11.3 Å². The second kappa shape index (κ2) is 6.67. The second-order valence-corrected chi connectivity index (χ2v) is 8.54. The molecule has 0 saturated heterocycles. The van der Waals surface area contributed by atoms with E-state index in [1.807, 2.05) is 14.0 Å². The summed E-state index contributed by atoms with van der Waals surface area (Å²) in [4.78, 5) is 17.5. The first-order chi connectivity index (χ1) is 10.3. The van der Waals surface area contributed by atoms with E-state index in [0.29, 0.717) is 0 Å². The Morgan fingerprint density at radius 1 is 1.41 bits per heavy atom. The monoisotopic (exact) mass is 323 g/mol. The molecule has 1 unspecified atom stereocenters. The van der Waals surface area contributed by atoms with Gasteiger partial charge in [-0.2, -0.15) is 0 Å². The van der Waals surface area contributed by atoms with E-state index in [2.05, 4.69) is 41.8 Å². The van der Waals surface area contributed by atoms with Crippen molar-refractivity contribution in [3.05, 3.63) is 16.1 Å². The van der Waals surface area contributed by atoms with Crippen molar-refractivity contribution < 1.29 is 4.79 Å². The lowest BCUT2D eigenvalue weighted by Crippen LogP contribution is -2.52. The van der Waals surface area contributed by atoms with Gasteiger partial charge in [0, 0.05) is 11.1 Å². The van der Waals surface area contributed by atoms with Crippen molar-refractivity contribution in [1.82, 2.24) is 15.6 Å². The number of hydrogen-bond donors (Lipinski definition) is 2. The lowest BCUT2D eigenvalue weighted by molar-refractivity contribution is -0.125. The summed E-state index contributed by atoms with van der Waals surface area (Å²) in [6.45, 7) is 8.51. The van der Waals surface area contributed by atoms with E-state index in [1.165, 1.54) is 0 Å². The van der Waals surface area contributed by atoms with Crippen molar-refractivity contribution in [2.75, 3.05) is 7.05 Å². The maximum atomic E-state index is 12.8. The summed E-state index contributed by atoms with van der Waals surface area (Å²) < 4.78 is 0. The SMILES string of the molecule is CNC(CC(C)(C)C)C(=O)NC1(c2nc(C)cs2)CCCC1. The van der Waals surface area contributed by atoms with Gasteiger partial charge in [0.25, 0.3) is 0 Å². The fraction of sp³-hybridized carbons (Fsp3) is 0.765. The van der Waals surface area contributed by atoms with Gasteiger partial charge in [-0.05, 0) is 38.6 Å². The fourth-order valence-electron chi connectivity index (χ4n) is 3.21. The van der Waals surface area contributed by atoms with Crippen LogP contribution in [0.4, 0.5) is 0 Å². The lowest BCUT2D eigenvalue weighted by Gasteiger charge is -2.32. The van der Waals surface area contributed by atoms with Crippen LogP contribution in [-0.4, -0.2) is 24.0 Å². The average molecular weight is 324 g/mol. The topological polar surface area (TPSA) is 54.0 Å². The number of rotatable bonds is 5. The molecule has 1 aliphatic carbocycles. The molecular formula is C17H29N3OS. The van der Waals surface area contributed by atoms with Crippen LogP contribution in [0.25, 0.3) is 0 Å². The van der Waals surface area contributed by atoms with E-state index in [0.717, 1.165) is 42.8 Å². The van der Waals surface area contributed by atoms with Gasteiger partial charge in [0.05, 0.1) is 11.6 Å². The van der Waals surface area contributed by atoms with Crippen LogP contribution in [0.3, 0.4) is 0 Å². The largest absolute Gasteiger partial charge is 0.343 e. The smallest absolute Gasteiger partial charge is 0.237 e. The molecule has 1 amide bonds. The normalized spacial score (nSPS) is 19.1. The highest BCUT2D eigenvalue weighted by Crippen LogP contribution is 2.40. The van der Waals surface area contributed by atoms with Gasteiger partial charge >= 0.3 is 0 Å². The Morgan fingerprint density at radius 3 is 2.50 bits per heavy atom. The Balaban J connectivity index is 2.15. The molecule has 1 fully saturated rings. The van der Waals surface area contributed by atoms with Gasteiger partial charge in [-0.3, -0.25) is 4.79 Å². The predicted molar refractivity (Wildman–Crippen MR) is 92.1 cm³/mol. The van der Waals surface area contributed by atoms with Gasteiger partial charge in [0.15, 0.2) is 0 Å². The minimum absolute atomic E-state index is 0.104. The molecule has 22 heavy (non-hydrogen) atoms. The van der Waals surface area contributed by atoms with Crippen LogP contribution < -0.4 is 10.6 Å². The zero-order valence-corrected chi connectivity index (χ0v) is 15.3. The number of carbonyl (C=O) groups is 1. The molecular weight excluding hydrogens is 294 g/mol. The van der Waals surface area contributed by atoms with E-state index in [9.17, 15) is 4.79 Å². The zero-order chi connectivity index (χ0) is 16.4. The maximum Gasteiger partial charge on any atom is 0.237 e. The minimum atomic E-state index is -0.247. The van der Waals surface area contributed by atoms with E-state index < -0.39 is 0 Å². The van der Waals surface area contributed by atoms with Crippen LogP contribution >= 0.6 is 11.3 Å².